The SMILES string of the molecule is NC1CCC(CNCC(C2CC2)C2CC2)CC1. The van der Waals surface area contributed by atoms with Crippen molar-refractivity contribution in [1.82, 2.24) is 5.32 Å². The molecule has 3 fully saturated rings. The number of hydrogen-bond donors (Lipinski definition) is 2. The van der Waals surface area contributed by atoms with Crippen LogP contribution in [-0.2, 0) is 0 Å². The summed E-state index contributed by atoms with van der Waals surface area (Å²) in [6.07, 6.45) is 11.3. The van der Waals surface area contributed by atoms with Gasteiger partial charge in [0.2, 0.25) is 0 Å². The molecule has 0 amide bonds. The lowest BCUT2D eigenvalue weighted by Crippen LogP contribution is -2.34. The first-order chi connectivity index (χ1) is 8.33. The van der Waals surface area contributed by atoms with Crippen molar-refractivity contribution in [2.45, 2.75) is 57.4 Å². The molecule has 3 aliphatic carbocycles. The van der Waals surface area contributed by atoms with Gasteiger partial charge in [-0.25, -0.2) is 0 Å². The van der Waals surface area contributed by atoms with Crippen molar-refractivity contribution in [3.63, 3.8) is 0 Å². The lowest BCUT2D eigenvalue weighted by molar-refractivity contribution is 0.297. The minimum absolute atomic E-state index is 0.497. The summed E-state index contributed by atoms with van der Waals surface area (Å²) < 4.78 is 0. The maximum Gasteiger partial charge on any atom is 0.00390 e. The van der Waals surface area contributed by atoms with Gasteiger partial charge in [-0.15, -0.1) is 0 Å². The van der Waals surface area contributed by atoms with Crippen LogP contribution in [0, 0.1) is 23.7 Å². The average Bonchev–Trinajstić information content (AvgIpc) is 3.19. The highest BCUT2D eigenvalue weighted by Crippen LogP contribution is 2.48. The van der Waals surface area contributed by atoms with E-state index >= 15 is 0 Å². The molecule has 2 nitrogen and oxygen atoms in total. The largest absolute Gasteiger partial charge is 0.328 e. The van der Waals surface area contributed by atoms with Crippen molar-refractivity contribution in [1.29, 1.82) is 0 Å². The number of nitrogens with one attached hydrogen (secondary N) is 1. The van der Waals surface area contributed by atoms with Gasteiger partial charge in [0, 0.05) is 6.04 Å². The Labute approximate surface area is 106 Å². The zero-order valence-electron chi connectivity index (χ0n) is 11.0. The fraction of sp³-hybridized carbons (Fsp3) is 1.00. The molecule has 0 saturated heterocycles. The maximum absolute atomic E-state index is 5.95. The predicted octanol–water partition coefficient (Wildman–Crippen LogP) is 2.53. The highest BCUT2D eigenvalue weighted by molar-refractivity contribution is 4.92. The summed E-state index contributed by atoms with van der Waals surface area (Å²) in [5, 5.41) is 3.77. The van der Waals surface area contributed by atoms with Gasteiger partial charge in [0.05, 0.1) is 0 Å². The van der Waals surface area contributed by atoms with Crippen molar-refractivity contribution in [3.05, 3.63) is 0 Å². The molecule has 0 aromatic rings. The molecule has 0 spiro atoms. The molecule has 0 atom stereocenters. The number of nitrogens with two attached hydrogens (primary N) is 1. The Morgan fingerprint density at radius 2 is 1.47 bits per heavy atom. The topological polar surface area (TPSA) is 38.0 Å². The average molecular weight is 236 g/mol. The van der Waals surface area contributed by atoms with Gasteiger partial charge in [-0.1, -0.05) is 0 Å². The smallest absolute Gasteiger partial charge is 0.00390 e. The Balaban J connectivity index is 1.33. The molecule has 0 radical (unpaired) electrons. The second kappa shape index (κ2) is 5.27. The van der Waals surface area contributed by atoms with Crippen molar-refractivity contribution in [2.75, 3.05) is 13.1 Å². The Morgan fingerprint density at radius 3 is 2.00 bits per heavy atom. The third kappa shape index (κ3) is 3.45. The molecule has 2 heteroatoms. The number of hydrogen-bond acceptors (Lipinski definition) is 2. The predicted molar refractivity (Wildman–Crippen MR) is 71.7 cm³/mol. The van der Waals surface area contributed by atoms with E-state index in [2.05, 4.69) is 5.32 Å². The van der Waals surface area contributed by atoms with Gasteiger partial charge in [0.15, 0.2) is 0 Å². The van der Waals surface area contributed by atoms with E-state index in [0.717, 1.165) is 23.7 Å². The molecule has 0 bridgehead atoms. The lowest BCUT2D eigenvalue weighted by atomic mass is 9.86. The molecule has 3 N–H and O–H groups in total. The molecule has 0 unspecified atom stereocenters. The quantitative estimate of drug-likeness (QED) is 0.744. The van der Waals surface area contributed by atoms with Crippen LogP contribution in [-0.4, -0.2) is 19.1 Å². The van der Waals surface area contributed by atoms with E-state index < -0.39 is 0 Å². The van der Waals surface area contributed by atoms with Crippen LogP contribution in [0.1, 0.15) is 51.4 Å². The van der Waals surface area contributed by atoms with Crippen LogP contribution < -0.4 is 11.1 Å². The fourth-order valence-electron chi connectivity index (χ4n) is 3.61. The van der Waals surface area contributed by atoms with E-state index in [4.69, 9.17) is 5.73 Å². The highest BCUT2D eigenvalue weighted by Gasteiger charge is 2.40. The van der Waals surface area contributed by atoms with Crippen LogP contribution in [0.25, 0.3) is 0 Å². The Kier molecular flexibility index (Phi) is 3.72. The Morgan fingerprint density at radius 1 is 0.882 bits per heavy atom. The van der Waals surface area contributed by atoms with Gasteiger partial charge in [0.25, 0.3) is 0 Å². The van der Waals surface area contributed by atoms with E-state index in [1.54, 1.807) is 0 Å². The minimum atomic E-state index is 0.497. The van der Waals surface area contributed by atoms with Crippen molar-refractivity contribution < 1.29 is 0 Å². The molecule has 0 aromatic carbocycles. The summed E-state index contributed by atoms with van der Waals surface area (Å²) in [6, 6.07) is 0.497. The van der Waals surface area contributed by atoms with Crippen LogP contribution >= 0.6 is 0 Å². The molecule has 0 heterocycles. The Hall–Kier alpha value is -0.0800. The van der Waals surface area contributed by atoms with E-state index in [-0.39, 0.29) is 0 Å². The van der Waals surface area contributed by atoms with Crippen molar-refractivity contribution >= 4 is 0 Å². The monoisotopic (exact) mass is 236 g/mol. The van der Waals surface area contributed by atoms with Gasteiger partial charge < -0.3 is 11.1 Å². The third-order valence-corrected chi connectivity index (χ3v) is 5.16. The molecule has 3 saturated carbocycles. The summed E-state index contributed by atoms with van der Waals surface area (Å²) in [5.74, 6) is 4.12. The normalized spacial score (nSPS) is 34.2. The summed E-state index contributed by atoms with van der Waals surface area (Å²) in [6.45, 7) is 2.56. The first kappa shape index (κ1) is 12.0. The van der Waals surface area contributed by atoms with E-state index in [9.17, 15) is 0 Å². The van der Waals surface area contributed by atoms with Crippen LogP contribution in [0.2, 0.25) is 0 Å². The van der Waals surface area contributed by atoms with Crippen LogP contribution in [0.15, 0.2) is 0 Å². The summed E-state index contributed by atoms with van der Waals surface area (Å²) in [5.41, 5.74) is 5.95. The zero-order valence-corrected chi connectivity index (χ0v) is 11.0. The second-order valence-corrected chi connectivity index (χ2v) is 6.78. The van der Waals surface area contributed by atoms with Crippen molar-refractivity contribution in [3.8, 4) is 0 Å². The Bertz CT molecular complexity index is 225. The van der Waals surface area contributed by atoms with Crippen LogP contribution in [0.5, 0.6) is 0 Å². The molecule has 17 heavy (non-hydrogen) atoms. The summed E-state index contributed by atoms with van der Waals surface area (Å²) in [4.78, 5) is 0. The van der Waals surface area contributed by atoms with Crippen LogP contribution in [0.3, 0.4) is 0 Å². The van der Waals surface area contributed by atoms with Gasteiger partial charge in [-0.2, -0.15) is 0 Å². The highest BCUT2D eigenvalue weighted by atomic mass is 14.9. The summed E-state index contributed by atoms with van der Waals surface area (Å²) in [7, 11) is 0. The van der Waals surface area contributed by atoms with Crippen molar-refractivity contribution in [2.24, 2.45) is 29.4 Å². The van der Waals surface area contributed by atoms with Gasteiger partial charge in [-0.3, -0.25) is 0 Å². The molecule has 0 aliphatic heterocycles. The standard InChI is InChI=1S/C15H28N2/c16-14-7-1-11(2-8-14)9-17-10-15(12-3-4-12)13-5-6-13/h11-15,17H,1-10,16H2. The fourth-order valence-corrected chi connectivity index (χ4v) is 3.61. The van der Waals surface area contributed by atoms with Crippen LogP contribution in [0.4, 0.5) is 0 Å². The third-order valence-electron chi connectivity index (χ3n) is 5.16. The molecule has 3 aliphatic rings. The molecular formula is C15H28N2. The molecule has 3 rings (SSSR count). The maximum atomic E-state index is 5.95. The van der Waals surface area contributed by atoms with Gasteiger partial charge in [-0.05, 0) is 88.1 Å². The first-order valence-corrected chi connectivity index (χ1v) is 7.79. The minimum Gasteiger partial charge on any atom is -0.328 e. The molecular weight excluding hydrogens is 208 g/mol. The van der Waals surface area contributed by atoms with E-state index in [1.165, 1.54) is 64.5 Å². The van der Waals surface area contributed by atoms with E-state index in [0.29, 0.717) is 6.04 Å². The second-order valence-electron chi connectivity index (χ2n) is 6.78. The van der Waals surface area contributed by atoms with Gasteiger partial charge >= 0.3 is 0 Å². The van der Waals surface area contributed by atoms with Gasteiger partial charge in [0.1, 0.15) is 0 Å². The van der Waals surface area contributed by atoms with E-state index in [1.807, 2.05) is 0 Å². The molecule has 98 valence electrons. The lowest BCUT2D eigenvalue weighted by Gasteiger charge is -2.27. The zero-order chi connectivity index (χ0) is 11.7. The first-order valence-electron chi connectivity index (χ1n) is 7.79. The summed E-state index contributed by atoms with van der Waals surface area (Å²) >= 11 is 0. The molecule has 0 aromatic heterocycles. The number of rotatable bonds is 6.